The lowest BCUT2D eigenvalue weighted by Gasteiger charge is -2.16. The van der Waals surface area contributed by atoms with E-state index in [0.29, 0.717) is 11.8 Å². The summed E-state index contributed by atoms with van der Waals surface area (Å²) >= 11 is 0. The van der Waals surface area contributed by atoms with E-state index in [1.54, 1.807) is 0 Å². The normalized spacial score (nSPS) is 22.7. The second-order valence-corrected chi connectivity index (χ2v) is 3.46. The summed E-state index contributed by atoms with van der Waals surface area (Å²) in [5.74, 6) is 0.292. The minimum Gasteiger partial charge on any atom is -0.481 e. The standard InChI is InChI=1S/C8H15NO2/c1-5(6-2-3-6)7(9)4-8(10)11/h5-7H,2-4,9H2,1H3,(H,10,11)/t5-,7-/m1/s1. The molecule has 0 aromatic rings. The highest BCUT2D eigenvalue weighted by molar-refractivity contribution is 5.67. The van der Waals surface area contributed by atoms with Crippen LogP contribution in [0.3, 0.4) is 0 Å². The highest BCUT2D eigenvalue weighted by Crippen LogP contribution is 2.38. The van der Waals surface area contributed by atoms with E-state index in [0.717, 1.165) is 0 Å². The number of aliphatic carboxylic acids is 1. The molecule has 3 nitrogen and oxygen atoms in total. The van der Waals surface area contributed by atoms with Crippen LogP contribution in [0.2, 0.25) is 0 Å². The Labute approximate surface area is 66.6 Å². The molecule has 0 heterocycles. The van der Waals surface area contributed by atoms with E-state index < -0.39 is 5.97 Å². The maximum absolute atomic E-state index is 10.3. The lowest BCUT2D eigenvalue weighted by atomic mass is 9.95. The highest BCUT2D eigenvalue weighted by atomic mass is 16.4. The van der Waals surface area contributed by atoms with Gasteiger partial charge in [0.15, 0.2) is 0 Å². The Morgan fingerprint density at radius 1 is 1.73 bits per heavy atom. The predicted octanol–water partition coefficient (Wildman–Crippen LogP) is 0.835. The average Bonchev–Trinajstić information content (AvgIpc) is 2.65. The van der Waals surface area contributed by atoms with Crippen molar-refractivity contribution in [1.29, 1.82) is 0 Å². The number of hydrogen-bond acceptors (Lipinski definition) is 2. The third kappa shape index (κ3) is 2.50. The van der Waals surface area contributed by atoms with Crippen molar-refractivity contribution in [1.82, 2.24) is 0 Å². The van der Waals surface area contributed by atoms with Crippen LogP contribution in [0, 0.1) is 11.8 Å². The van der Waals surface area contributed by atoms with Crippen molar-refractivity contribution in [2.75, 3.05) is 0 Å². The largest absolute Gasteiger partial charge is 0.481 e. The molecule has 0 aromatic carbocycles. The van der Waals surface area contributed by atoms with E-state index in [1.807, 2.05) is 6.92 Å². The van der Waals surface area contributed by atoms with E-state index in [-0.39, 0.29) is 12.5 Å². The van der Waals surface area contributed by atoms with Crippen molar-refractivity contribution >= 4 is 5.97 Å². The highest BCUT2D eigenvalue weighted by Gasteiger charge is 2.32. The van der Waals surface area contributed by atoms with Crippen LogP contribution in [0.4, 0.5) is 0 Å². The van der Waals surface area contributed by atoms with Crippen LogP contribution in [0.15, 0.2) is 0 Å². The van der Waals surface area contributed by atoms with Crippen molar-refractivity contribution < 1.29 is 9.90 Å². The smallest absolute Gasteiger partial charge is 0.304 e. The number of carbonyl (C=O) groups is 1. The number of hydrogen-bond donors (Lipinski definition) is 2. The molecule has 0 radical (unpaired) electrons. The molecule has 1 aliphatic carbocycles. The van der Waals surface area contributed by atoms with Gasteiger partial charge in [0.1, 0.15) is 0 Å². The number of carboxylic acid groups (broad SMARTS) is 1. The van der Waals surface area contributed by atoms with Gasteiger partial charge in [-0.3, -0.25) is 4.79 Å². The molecular formula is C8H15NO2. The Balaban J connectivity index is 2.26. The van der Waals surface area contributed by atoms with E-state index in [4.69, 9.17) is 10.8 Å². The monoisotopic (exact) mass is 157 g/mol. The maximum atomic E-state index is 10.3. The van der Waals surface area contributed by atoms with Gasteiger partial charge < -0.3 is 10.8 Å². The zero-order valence-corrected chi connectivity index (χ0v) is 6.79. The first-order chi connectivity index (χ1) is 5.11. The first-order valence-electron chi connectivity index (χ1n) is 4.08. The van der Waals surface area contributed by atoms with Crippen LogP contribution in [0.1, 0.15) is 26.2 Å². The summed E-state index contributed by atoms with van der Waals surface area (Å²) in [5.41, 5.74) is 5.68. The molecular weight excluding hydrogens is 142 g/mol. The molecule has 2 atom stereocenters. The Hall–Kier alpha value is -0.570. The van der Waals surface area contributed by atoms with Gasteiger partial charge in [0.2, 0.25) is 0 Å². The average molecular weight is 157 g/mol. The summed E-state index contributed by atoms with van der Waals surface area (Å²) in [4.78, 5) is 10.3. The molecule has 11 heavy (non-hydrogen) atoms. The van der Waals surface area contributed by atoms with Crippen molar-refractivity contribution in [2.24, 2.45) is 17.6 Å². The fraction of sp³-hybridized carbons (Fsp3) is 0.875. The Bertz CT molecular complexity index is 154. The Morgan fingerprint density at radius 3 is 2.64 bits per heavy atom. The number of rotatable bonds is 4. The molecule has 3 N–H and O–H groups in total. The number of nitrogens with two attached hydrogens (primary N) is 1. The van der Waals surface area contributed by atoms with Crippen molar-refractivity contribution in [3.05, 3.63) is 0 Å². The molecule has 1 fully saturated rings. The Morgan fingerprint density at radius 2 is 2.27 bits per heavy atom. The van der Waals surface area contributed by atoms with E-state index in [9.17, 15) is 4.79 Å². The molecule has 0 amide bonds. The zero-order chi connectivity index (χ0) is 8.43. The van der Waals surface area contributed by atoms with E-state index in [2.05, 4.69) is 0 Å². The molecule has 0 saturated heterocycles. The number of carboxylic acids is 1. The van der Waals surface area contributed by atoms with Crippen LogP contribution < -0.4 is 5.73 Å². The fourth-order valence-electron chi connectivity index (χ4n) is 1.36. The second kappa shape index (κ2) is 3.22. The van der Waals surface area contributed by atoms with E-state index in [1.165, 1.54) is 12.8 Å². The summed E-state index contributed by atoms with van der Waals surface area (Å²) in [6.07, 6.45) is 2.57. The van der Waals surface area contributed by atoms with Crippen LogP contribution in [-0.4, -0.2) is 17.1 Å². The van der Waals surface area contributed by atoms with Gasteiger partial charge in [0, 0.05) is 6.04 Å². The van der Waals surface area contributed by atoms with Gasteiger partial charge in [-0.2, -0.15) is 0 Å². The maximum Gasteiger partial charge on any atom is 0.304 e. The minimum absolute atomic E-state index is 0.109. The van der Waals surface area contributed by atoms with Crippen molar-refractivity contribution in [2.45, 2.75) is 32.2 Å². The van der Waals surface area contributed by atoms with Crippen LogP contribution in [-0.2, 0) is 4.79 Å². The first-order valence-corrected chi connectivity index (χ1v) is 4.08. The van der Waals surface area contributed by atoms with Crippen LogP contribution >= 0.6 is 0 Å². The van der Waals surface area contributed by atoms with Gasteiger partial charge >= 0.3 is 5.97 Å². The molecule has 0 aromatic heterocycles. The lowest BCUT2D eigenvalue weighted by Crippen LogP contribution is -2.31. The molecule has 0 spiro atoms. The summed E-state index contributed by atoms with van der Waals surface area (Å²) < 4.78 is 0. The molecule has 1 saturated carbocycles. The summed E-state index contributed by atoms with van der Waals surface area (Å²) in [7, 11) is 0. The Kier molecular flexibility index (Phi) is 2.49. The van der Waals surface area contributed by atoms with Crippen molar-refractivity contribution in [3.8, 4) is 0 Å². The van der Waals surface area contributed by atoms with Gasteiger partial charge in [-0.25, -0.2) is 0 Å². The quantitative estimate of drug-likeness (QED) is 0.635. The molecule has 64 valence electrons. The molecule has 0 unspecified atom stereocenters. The second-order valence-electron chi connectivity index (χ2n) is 3.46. The van der Waals surface area contributed by atoms with E-state index >= 15 is 0 Å². The minimum atomic E-state index is -0.787. The predicted molar refractivity (Wildman–Crippen MR) is 42.1 cm³/mol. The van der Waals surface area contributed by atoms with Crippen LogP contribution in [0.25, 0.3) is 0 Å². The van der Waals surface area contributed by atoms with Gasteiger partial charge in [-0.1, -0.05) is 6.92 Å². The first kappa shape index (κ1) is 8.53. The summed E-state index contributed by atoms with van der Waals surface area (Å²) in [6, 6.07) is -0.153. The molecule has 1 aliphatic rings. The SMILES string of the molecule is C[C@H](C1CC1)[C@H](N)CC(=O)O. The third-order valence-electron chi connectivity index (χ3n) is 2.45. The van der Waals surface area contributed by atoms with Gasteiger partial charge in [0.25, 0.3) is 0 Å². The lowest BCUT2D eigenvalue weighted by molar-refractivity contribution is -0.137. The zero-order valence-electron chi connectivity index (χ0n) is 6.79. The summed E-state index contributed by atoms with van der Waals surface area (Å²) in [6.45, 7) is 2.05. The van der Waals surface area contributed by atoms with Gasteiger partial charge in [-0.05, 0) is 24.7 Å². The molecule has 1 rings (SSSR count). The molecule has 3 heteroatoms. The topological polar surface area (TPSA) is 63.3 Å². The molecule has 0 bridgehead atoms. The molecule has 0 aliphatic heterocycles. The van der Waals surface area contributed by atoms with Gasteiger partial charge in [0.05, 0.1) is 6.42 Å². The van der Waals surface area contributed by atoms with Crippen LogP contribution in [0.5, 0.6) is 0 Å². The van der Waals surface area contributed by atoms with Crippen molar-refractivity contribution in [3.63, 3.8) is 0 Å². The third-order valence-corrected chi connectivity index (χ3v) is 2.45. The fourth-order valence-corrected chi connectivity index (χ4v) is 1.36. The van der Waals surface area contributed by atoms with Gasteiger partial charge in [-0.15, -0.1) is 0 Å². The summed E-state index contributed by atoms with van der Waals surface area (Å²) in [5, 5.41) is 8.45.